The van der Waals surface area contributed by atoms with E-state index >= 15 is 0 Å². The van der Waals surface area contributed by atoms with Gasteiger partial charge < -0.3 is 14.5 Å². The highest BCUT2D eigenvalue weighted by atomic mass is 16.5. The number of carboxylic acids is 1. The molecule has 0 atom stereocenters. The number of carboxylic acid groups (broad SMARTS) is 1. The van der Waals surface area contributed by atoms with Crippen LogP contribution >= 0.6 is 0 Å². The highest BCUT2D eigenvalue weighted by Gasteiger charge is 2.08. The third kappa shape index (κ3) is 6.33. The van der Waals surface area contributed by atoms with Crippen molar-refractivity contribution in [3.8, 4) is 0 Å². The Balaban J connectivity index is 2.26. The van der Waals surface area contributed by atoms with Crippen LogP contribution in [0.1, 0.15) is 44.8 Å². The molecule has 0 aliphatic heterocycles. The predicted molar refractivity (Wildman–Crippen MR) is 71.0 cm³/mol. The summed E-state index contributed by atoms with van der Waals surface area (Å²) in [6, 6.07) is 0. The Morgan fingerprint density at radius 1 is 1.26 bits per heavy atom. The molecule has 0 fully saturated rings. The van der Waals surface area contributed by atoms with E-state index in [0.717, 1.165) is 38.3 Å². The molecule has 6 heteroatoms. The topological polar surface area (TPSA) is 79.5 Å². The summed E-state index contributed by atoms with van der Waals surface area (Å²) in [6.45, 7) is 7.25. The first-order valence-electron chi connectivity index (χ1n) is 6.91. The number of unbranched alkanes of at least 4 members (excludes halogenated alkanes) is 1. The average molecular weight is 269 g/mol. The fraction of sp³-hybridized carbons (Fsp3) is 0.769. The number of aromatic nitrogens is 2. The quantitative estimate of drug-likeness (QED) is 0.652. The molecule has 6 nitrogen and oxygen atoms in total. The minimum Gasteiger partial charge on any atom is -0.481 e. The zero-order valence-electron chi connectivity index (χ0n) is 11.8. The number of rotatable bonds is 10. The number of hydrogen-bond acceptors (Lipinski definition) is 5. The first-order chi connectivity index (χ1) is 9.15. The molecule has 1 N–H and O–H groups in total. The maximum Gasteiger partial charge on any atom is 0.303 e. The van der Waals surface area contributed by atoms with Crippen LogP contribution in [-0.2, 0) is 17.6 Å². The Kier molecular flexibility index (Phi) is 7.10. The van der Waals surface area contributed by atoms with Crippen LogP contribution in [0.2, 0.25) is 0 Å². The zero-order chi connectivity index (χ0) is 14.1. The van der Waals surface area contributed by atoms with Gasteiger partial charge in [-0.1, -0.05) is 19.0 Å². The molecule has 0 aliphatic carbocycles. The van der Waals surface area contributed by atoms with Gasteiger partial charge in [-0.2, -0.15) is 4.98 Å². The molecule has 1 rings (SSSR count). The summed E-state index contributed by atoms with van der Waals surface area (Å²) < 4.78 is 5.14. The van der Waals surface area contributed by atoms with Crippen LogP contribution in [0.5, 0.6) is 0 Å². The van der Waals surface area contributed by atoms with Gasteiger partial charge in [0.15, 0.2) is 5.82 Å². The maximum absolute atomic E-state index is 10.4. The van der Waals surface area contributed by atoms with Crippen LogP contribution in [0.25, 0.3) is 0 Å². The van der Waals surface area contributed by atoms with Crippen molar-refractivity contribution in [1.82, 2.24) is 15.0 Å². The van der Waals surface area contributed by atoms with Crippen molar-refractivity contribution in [1.29, 1.82) is 0 Å². The Labute approximate surface area is 113 Å². The van der Waals surface area contributed by atoms with E-state index in [1.807, 2.05) is 0 Å². The van der Waals surface area contributed by atoms with E-state index in [2.05, 4.69) is 28.9 Å². The van der Waals surface area contributed by atoms with Gasteiger partial charge >= 0.3 is 5.97 Å². The summed E-state index contributed by atoms with van der Waals surface area (Å²) >= 11 is 0. The first kappa shape index (κ1) is 15.6. The molecule has 0 saturated carbocycles. The van der Waals surface area contributed by atoms with Crippen molar-refractivity contribution >= 4 is 5.97 Å². The third-order valence-electron chi connectivity index (χ3n) is 3.09. The van der Waals surface area contributed by atoms with Gasteiger partial charge in [0.2, 0.25) is 5.89 Å². The van der Waals surface area contributed by atoms with Gasteiger partial charge in [0.1, 0.15) is 0 Å². The molecule has 1 heterocycles. The fourth-order valence-electron chi connectivity index (χ4n) is 1.84. The summed E-state index contributed by atoms with van der Waals surface area (Å²) in [5.74, 6) is 0.588. The van der Waals surface area contributed by atoms with Gasteiger partial charge in [-0.3, -0.25) is 4.79 Å². The highest BCUT2D eigenvalue weighted by molar-refractivity contribution is 5.66. The lowest BCUT2D eigenvalue weighted by Crippen LogP contribution is -2.25. The molecule has 0 radical (unpaired) electrons. The Morgan fingerprint density at radius 3 is 2.63 bits per heavy atom. The molecule has 19 heavy (non-hydrogen) atoms. The summed E-state index contributed by atoms with van der Waals surface area (Å²) in [6.07, 6.45) is 3.06. The zero-order valence-corrected chi connectivity index (χ0v) is 11.8. The molecule has 0 spiro atoms. The number of nitrogens with zero attached hydrogens (tertiary/aromatic N) is 3. The second kappa shape index (κ2) is 8.63. The van der Waals surface area contributed by atoms with E-state index in [1.165, 1.54) is 0 Å². The molecule has 0 amide bonds. The second-order valence-corrected chi connectivity index (χ2v) is 4.48. The predicted octanol–water partition coefficient (Wildman–Crippen LogP) is 1.75. The molecule has 0 bridgehead atoms. The van der Waals surface area contributed by atoms with Crippen molar-refractivity contribution in [2.45, 2.75) is 46.0 Å². The lowest BCUT2D eigenvalue weighted by atomic mass is 10.2. The van der Waals surface area contributed by atoms with Crippen molar-refractivity contribution in [3.05, 3.63) is 11.7 Å². The lowest BCUT2D eigenvalue weighted by molar-refractivity contribution is -0.137. The van der Waals surface area contributed by atoms with E-state index in [-0.39, 0.29) is 6.42 Å². The molecule has 1 aromatic heterocycles. The molecule has 0 aromatic carbocycles. The van der Waals surface area contributed by atoms with Crippen molar-refractivity contribution < 1.29 is 14.4 Å². The summed E-state index contributed by atoms with van der Waals surface area (Å²) in [5.41, 5.74) is 0. The molecular weight excluding hydrogens is 246 g/mol. The fourth-order valence-corrected chi connectivity index (χ4v) is 1.84. The van der Waals surface area contributed by atoms with Gasteiger partial charge in [0.05, 0.1) is 0 Å². The molecule has 1 aromatic rings. The normalized spacial score (nSPS) is 11.1. The van der Waals surface area contributed by atoms with Crippen LogP contribution in [0.4, 0.5) is 0 Å². The smallest absolute Gasteiger partial charge is 0.303 e. The largest absolute Gasteiger partial charge is 0.481 e. The summed E-state index contributed by atoms with van der Waals surface area (Å²) in [7, 11) is 0. The third-order valence-corrected chi connectivity index (χ3v) is 3.09. The number of aliphatic carboxylic acids is 1. The standard InChI is InChI=1S/C13H23N3O3/c1-3-16(4-2)10-9-11-14-12(19-15-11)7-5-6-8-13(17)18/h3-10H2,1-2H3,(H,17,18). The molecule has 0 unspecified atom stereocenters. The van der Waals surface area contributed by atoms with Crippen LogP contribution < -0.4 is 0 Å². The Morgan fingerprint density at radius 2 is 2.00 bits per heavy atom. The summed E-state index contributed by atoms with van der Waals surface area (Å²) in [4.78, 5) is 17.0. The number of hydrogen-bond donors (Lipinski definition) is 1. The SMILES string of the molecule is CCN(CC)CCc1noc(CCCCC(=O)O)n1. The number of aryl methyl sites for hydroxylation is 1. The Hall–Kier alpha value is -1.43. The van der Waals surface area contributed by atoms with E-state index in [1.54, 1.807) is 0 Å². The van der Waals surface area contributed by atoms with Crippen LogP contribution in [0.3, 0.4) is 0 Å². The molecule has 0 saturated heterocycles. The minimum atomic E-state index is -0.759. The number of carbonyl (C=O) groups is 1. The van der Waals surface area contributed by atoms with Crippen LogP contribution in [0, 0.1) is 0 Å². The Bertz CT molecular complexity index is 375. The van der Waals surface area contributed by atoms with Crippen molar-refractivity contribution in [3.63, 3.8) is 0 Å². The van der Waals surface area contributed by atoms with Gasteiger partial charge in [-0.15, -0.1) is 0 Å². The molecule has 108 valence electrons. The monoisotopic (exact) mass is 269 g/mol. The second-order valence-electron chi connectivity index (χ2n) is 4.48. The summed E-state index contributed by atoms with van der Waals surface area (Å²) in [5, 5.41) is 12.5. The number of likely N-dealkylation sites (N-methyl/N-ethyl adjacent to an activating group) is 1. The average Bonchev–Trinajstić information content (AvgIpc) is 2.84. The van der Waals surface area contributed by atoms with Gasteiger partial charge in [-0.05, 0) is 25.9 Å². The van der Waals surface area contributed by atoms with E-state index in [9.17, 15) is 4.79 Å². The van der Waals surface area contributed by atoms with Gasteiger partial charge in [-0.25, -0.2) is 0 Å². The van der Waals surface area contributed by atoms with Crippen molar-refractivity contribution in [2.75, 3.05) is 19.6 Å². The van der Waals surface area contributed by atoms with Crippen LogP contribution in [-0.4, -0.2) is 45.8 Å². The highest BCUT2D eigenvalue weighted by Crippen LogP contribution is 2.06. The van der Waals surface area contributed by atoms with E-state index in [0.29, 0.717) is 18.7 Å². The van der Waals surface area contributed by atoms with Gasteiger partial charge in [0, 0.05) is 25.8 Å². The molecular formula is C13H23N3O3. The first-order valence-corrected chi connectivity index (χ1v) is 6.91. The minimum absolute atomic E-state index is 0.197. The molecule has 0 aliphatic rings. The van der Waals surface area contributed by atoms with Gasteiger partial charge in [0.25, 0.3) is 0 Å². The van der Waals surface area contributed by atoms with Crippen LogP contribution in [0.15, 0.2) is 4.52 Å². The lowest BCUT2D eigenvalue weighted by Gasteiger charge is -2.16. The maximum atomic E-state index is 10.4. The van der Waals surface area contributed by atoms with E-state index < -0.39 is 5.97 Å². The van der Waals surface area contributed by atoms with E-state index in [4.69, 9.17) is 9.63 Å². The van der Waals surface area contributed by atoms with Crippen molar-refractivity contribution in [2.24, 2.45) is 0 Å².